The van der Waals surface area contributed by atoms with E-state index in [9.17, 15) is 9.59 Å². The minimum atomic E-state index is -0.464. The van der Waals surface area contributed by atoms with Crippen LogP contribution < -0.4 is 10.4 Å². The highest BCUT2D eigenvalue weighted by Gasteiger charge is 2.33. The van der Waals surface area contributed by atoms with E-state index in [2.05, 4.69) is 12.3 Å². The highest BCUT2D eigenvalue weighted by atomic mass is 16.6. The Morgan fingerprint density at radius 1 is 1.30 bits per heavy atom. The number of hydrogen-bond donors (Lipinski definition) is 0. The Hall–Kier alpha value is -2.78. The fourth-order valence-electron chi connectivity index (χ4n) is 3.39. The number of benzene rings is 1. The van der Waals surface area contributed by atoms with Crippen LogP contribution in [0.2, 0.25) is 0 Å². The van der Waals surface area contributed by atoms with Crippen LogP contribution in [0, 0.1) is 12.8 Å². The van der Waals surface area contributed by atoms with Crippen molar-refractivity contribution in [3.63, 3.8) is 0 Å². The van der Waals surface area contributed by atoms with Gasteiger partial charge in [-0.05, 0) is 82.4 Å². The molecule has 1 amide bonds. The lowest BCUT2D eigenvalue weighted by Crippen LogP contribution is -2.51. The van der Waals surface area contributed by atoms with E-state index >= 15 is 0 Å². The van der Waals surface area contributed by atoms with Crippen LogP contribution in [0.3, 0.4) is 0 Å². The average Bonchev–Trinajstić information content (AvgIpc) is 2.62. The van der Waals surface area contributed by atoms with Crippen molar-refractivity contribution in [2.24, 2.45) is 5.92 Å². The molecule has 0 bridgehead atoms. The van der Waals surface area contributed by atoms with Crippen molar-refractivity contribution in [3.05, 3.63) is 51.9 Å². The summed E-state index contributed by atoms with van der Waals surface area (Å²) in [7, 11) is 1.39. The second-order valence-corrected chi connectivity index (χ2v) is 8.79. The van der Waals surface area contributed by atoms with Gasteiger partial charge >= 0.3 is 12.1 Å². The number of nitrogens with zero attached hydrogens (tertiary/aromatic N) is 1. The molecule has 5 nitrogen and oxygen atoms in total. The number of aryl methyl sites for hydroxylation is 1. The molecule has 5 heteroatoms. The third-order valence-electron chi connectivity index (χ3n) is 4.95. The summed E-state index contributed by atoms with van der Waals surface area (Å²) in [5, 5.41) is 1.88. The van der Waals surface area contributed by atoms with Crippen molar-refractivity contribution in [2.45, 2.75) is 53.1 Å². The van der Waals surface area contributed by atoms with Crippen LogP contribution in [0.25, 0.3) is 11.8 Å². The average molecular weight is 412 g/mol. The van der Waals surface area contributed by atoms with Crippen LogP contribution in [0.1, 0.15) is 56.5 Å². The molecule has 0 unspecified atom stereocenters. The van der Waals surface area contributed by atoms with E-state index in [1.54, 1.807) is 4.90 Å². The lowest BCUT2D eigenvalue weighted by atomic mass is 9.92. The molecule has 0 spiro atoms. The van der Waals surface area contributed by atoms with Crippen LogP contribution in [0.5, 0.6) is 0 Å². The standard InChI is InChI=1S/C25H33NO4/c1-8-20-14-22(23(27)29-7)18(3)13-21(20)11-9-10-17(2)12-19-15-26(16-19)24(28)30-25(4,5)6/h8-9,13-14,19H,2,10,12,15-16H2,1,3-7H3. The van der Waals surface area contributed by atoms with Crippen LogP contribution in [0.15, 0.2) is 30.4 Å². The molecule has 162 valence electrons. The SMILES string of the molecule is C=C(CC=C=c1cc(C)c(C(=O)OC)cc1=CC)CC1CN(C(=O)OC(C)(C)C)C1. The maximum atomic E-state index is 12.0. The molecule has 0 atom stereocenters. The van der Waals surface area contributed by atoms with E-state index in [4.69, 9.17) is 9.47 Å². The molecule has 0 aliphatic carbocycles. The Morgan fingerprint density at radius 3 is 2.53 bits per heavy atom. The molecular weight excluding hydrogens is 378 g/mol. The van der Waals surface area contributed by atoms with Crippen molar-refractivity contribution < 1.29 is 19.1 Å². The van der Waals surface area contributed by atoms with Crippen molar-refractivity contribution in [2.75, 3.05) is 20.2 Å². The molecular formula is C25H33NO4. The number of amides is 1. The second kappa shape index (κ2) is 9.82. The number of rotatable bonds is 5. The normalized spacial score (nSPS) is 14.6. The van der Waals surface area contributed by atoms with Crippen molar-refractivity contribution in [1.29, 1.82) is 0 Å². The number of carbonyl (C=O) groups excluding carboxylic acids is 2. The van der Waals surface area contributed by atoms with Crippen LogP contribution >= 0.6 is 0 Å². The summed E-state index contributed by atoms with van der Waals surface area (Å²) < 4.78 is 10.2. The largest absolute Gasteiger partial charge is 0.465 e. The summed E-state index contributed by atoms with van der Waals surface area (Å²) in [5.41, 5.74) is 5.41. The van der Waals surface area contributed by atoms with E-state index in [1.807, 2.05) is 58.9 Å². The fourth-order valence-corrected chi connectivity index (χ4v) is 3.39. The third-order valence-corrected chi connectivity index (χ3v) is 4.95. The summed E-state index contributed by atoms with van der Waals surface area (Å²) in [6.07, 6.45) is 5.30. The highest BCUT2D eigenvalue weighted by molar-refractivity contribution is 5.90. The maximum absolute atomic E-state index is 12.0. The first-order chi connectivity index (χ1) is 14.0. The van der Waals surface area contributed by atoms with E-state index in [0.29, 0.717) is 24.6 Å². The van der Waals surface area contributed by atoms with E-state index in [0.717, 1.165) is 34.4 Å². The molecule has 2 rings (SSSR count). The molecule has 0 N–H and O–H groups in total. The van der Waals surface area contributed by atoms with Gasteiger partial charge in [0, 0.05) is 18.3 Å². The molecule has 1 fully saturated rings. The zero-order chi connectivity index (χ0) is 22.5. The summed E-state index contributed by atoms with van der Waals surface area (Å²) in [6, 6.07) is 3.79. The Morgan fingerprint density at radius 2 is 1.97 bits per heavy atom. The molecule has 0 radical (unpaired) electrons. The van der Waals surface area contributed by atoms with Gasteiger partial charge in [0.25, 0.3) is 0 Å². The summed E-state index contributed by atoms with van der Waals surface area (Å²) in [4.78, 5) is 25.6. The minimum absolute atomic E-state index is 0.244. The zero-order valence-electron chi connectivity index (χ0n) is 19.0. The fraction of sp³-hybridized carbons (Fsp3) is 0.480. The summed E-state index contributed by atoms with van der Waals surface area (Å²) in [5.74, 6) is 0.0972. The predicted molar refractivity (Wildman–Crippen MR) is 120 cm³/mol. The van der Waals surface area contributed by atoms with Gasteiger partial charge in [-0.3, -0.25) is 0 Å². The Bertz CT molecular complexity index is 972. The van der Waals surface area contributed by atoms with Crippen molar-refractivity contribution in [3.8, 4) is 0 Å². The molecule has 1 heterocycles. The predicted octanol–water partition coefficient (Wildman–Crippen LogP) is 3.72. The summed E-state index contributed by atoms with van der Waals surface area (Å²) >= 11 is 0. The Labute approximate surface area is 179 Å². The van der Waals surface area contributed by atoms with Gasteiger partial charge < -0.3 is 14.4 Å². The van der Waals surface area contributed by atoms with Gasteiger partial charge in [0.2, 0.25) is 0 Å². The smallest absolute Gasteiger partial charge is 0.410 e. The first kappa shape index (κ1) is 23.5. The monoisotopic (exact) mass is 411 g/mol. The highest BCUT2D eigenvalue weighted by Crippen LogP contribution is 2.25. The molecule has 1 aromatic rings. The molecule has 1 aliphatic rings. The van der Waals surface area contributed by atoms with Crippen LogP contribution in [0.4, 0.5) is 4.79 Å². The number of carbonyl (C=O) groups is 2. The van der Waals surface area contributed by atoms with Gasteiger partial charge in [0.1, 0.15) is 5.60 Å². The molecule has 0 aromatic heterocycles. The number of methoxy groups -OCH3 is 1. The van der Waals surface area contributed by atoms with E-state index in [-0.39, 0.29) is 12.1 Å². The maximum Gasteiger partial charge on any atom is 0.410 e. The van der Waals surface area contributed by atoms with Crippen LogP contribution in [-0.4, -0.2) is 42.8 Å². The Kier molecular flexibility index (Phi) is 7.69. The van der Waals surface area contributed by atoms with Gasteiger partial charge in [0.05, 0.1) is 12.7 Å². The number of likely N-dealkylation sites (tertiary alicyclic amines) is 1. The lowest BCUT2D eigenvalue weighted by Gasteiger charge is -2.40. The molecule has 0 saturated carbocycles. The molecule has 1 aliphatic heterocycles. The number of hydrogen-bond acceptors (Lipinski definition) is 4. The van der Waals surface area contributed by atoms with E-state index in [1.165, 1.54) is 7.11 Å². The quantitative estimate of drug-likeness (QED) is 0.547. The van der Waals surface area contributed by atoms with Crippen molar-refractivity contribution >= 4 is 23.9 Å². The van der Waals surface area contributed by atoms with Gasteiger partial charge in [0.15, 0.2) is 0 Å². The molecule has 1 aromatic carbocycles. The first-order valence-electron chi connectivity index (χ1n) is 10.3. The number of ether oxygens (including phenoxy) is 2. The van der Waals surface area contributed by atoms with Crippen LogP contribution in [-0.2, 0) is 9.47 Å². The minimum Gasteiger partial charge on any atom is -0.465 e. The van der Waals surface area contributed by atoms with Gasteiger partial charge in [-0.15, -0.1) is 5.73 Å². The summed E-state index contributed by atoms with van der Waals surface area (Å²) in [6.45, 7) is 15.0. The van der Waals surface area contributed by atoms with Gasteiger partial charge in [-0.1, -0.05) is 18.2 Å². The topological polar surface area (TPSA) is 55.8 Å². The van der Waals surface area contributed by atoms with E-state index < -0.39 is 5.60 Å². The Balaban J connectivity index is 1.97. The zero-order valence-corrected chi connectivity index (χ0v) is 19.0. The van der Waals surface area contributed by atoms with Crippen molar-refractivity contribution in [1.82, 2.24) is 4.90 Å². The van der Waals surface area contributed by atoms with Gasteiger partial charge in [-0.25, -0.2) is 9.59 Å². The molecule has 1 saturated heterocycles. The molecule has 30 heavy (non-hydrogen) atoms. The van der Waals surface area contributed by atoms with Gasteiger partial charge in [-0.2, -0.15) is 0 Å². The first-order valence-corrected chi connectivity index (χ1v) is 10.3. The number of allylic oxidation sites excluding steroid dienone is 2. The third kappa shape index (κ3) is 6.36. The lowest BCUT2D eigenvalue weighted by molar-refractivity contribution is -0.000924. The number of esters is 1. The second-order valence-electron chi connectivity index (χ2n) is 8.79.